The number of likely N-dealkylation sites (tertiary alicyclic amines) is 1. The monoisotopic (exact) mass is 402 g/mol. The van der Waals surface area contributed by atoms with Crippen LogP contribution in [-0.2, 0) is 14.8 Å². The molecule has 1 fully saturated rings. The molecular weight excluding hydrogens is 376 g/mol. The number of benzene rings is 1. The molecular formula is C21H26N2O4S. The summed E-state index contributed by atoms with van der Waals surface area (Å²) in [6, 6.07) is 10.4. The lowest BCUT2D eigenvalue weighted by Gasteiger charge is -2.32. The minimum Gasteiger partial charge on any atom is -0.462 e. The van der Waals surface area contributed by atoms with Crippen LogP contribution >= 0.6 is 0 Å². The van der Waals surface area contributed by atoms with Crippen molar-refractivity contribution in [3.63, 3.8) is 0 Å². The number of hydrogen-bond donors (Lipinski definition) is 1. The largest absolute Gasteiger partial charge is 0.462 e. The summed E-state index contributed by atoms with van der Waals surface area (Å²) < 4.78 is 33.0. The molecule has 0 aliphatic carbocycles. The molecule has 1 aromatic heterocycles. The van der Waals surface area contributed by atoms with Gasteiger partial charge in [-0.25, -0.2) is 13.1 Å². The van der Waals surface area contributed by atoms with Crippen molar-refractivity contribution in [2.75, 3.05) is 19.6 Å². The zero-order valence-corrected chi connectivity index (χ0v) is 17.0. The van der Waals surface area contributed by atoms with Gasteiger partial charge in [-0.15, -0.1) is 0 Å². The fraction of sp³-hybridized carbons (Fsp3) is 0.381. The second kappa shape index (κ2) is 8.75. The molecule has 1 N–H and O–H groups in total. The molecule has 7 heteroatoms. The Bertz CT molecular complexity index is 945. The van der Waals surface area contributed by atoms with Gasteiger partial charge >= 0.3 is 0 Å². The van der Waals surface area contributed by atoms with Crippen molar-refractivity contribution in [3.8, 4) is 0 Å². The second-order valence-electron chi connectivity index (χ2n) is 7.24. The Kier molecular flexibility index (Phi) is 6.36. The molecule has 2 heterocycles. The highest BCUT2D eigenvalue weighted by Gasteiger charge is 2.24. The number of aryl methyl sites for hydroxylation is 2. The van der Waals surface area contributed by atoms with Crippen LogP contribution in [0.5, 0.6) is 0 Å². The molecule has 0 radical (unpaired) electrons. The van der Waals surface area contributed by atoms with Crippen molar-refractivity contribution in [1.29, 1.82) is 0 Å². The highest BCUT2D eigenvalue weighted by atomic mass is 32.2. The summed E-state index contributed by atoms with van der Waals surface area (Å²) in [6.07, 6.45) is 4.92. The summed E-state index contributed by atoms with van der Waals surface area (Å²) in [6.45, 7) is 5.31. The summed E-state index contributed by atoms with van der Waals surface area (Å²) in [5.41, 5.74) is 1.01. The Balaban J connectivity index is 1.55. The van der Waals surface area contributed by atoms with Gasteiger partial charge in [0.2, 0.25) is 15.9 Å². The molecule has 1 aliphatic heterocycles. The predicted molar refractivity (Wildman–Crippen MR) is 108 cm³/mol. The van der Waals surface area contributed by atoms with Gasteiger partial charge in [0.1, 0.15) is 11.5 Å². The number of rotatable bonds is 6. The molecule has 28 heavy (non-hydrogen) atoms. The number of sulfonamides is 1. The third kappa shape index (κ3) is 5.33. The van der Waals surface area contributed by atoms with Crippen molar-refractivity contribution < 1.29 is 17.6 Å². The summed E-state index contributed by atoms with van der Waals surface area (Å²) in [4.78, 5) is 14.5. The smallest absolute Gasteiger partial charge is 0.246 e. The van der Waals surface area contributed by atoms with Gasteiger partial charge in [0.25, 0.3) is 0 Å². The Morgan fingerprint density at radius 1 is 1.21 bits per heavy atom. The van der Waals surface area contributed by atoms with E-state index >= 15 is 0 Å². The van der Waals surface area contributed by atoms with E-state index in [0.29, 0.717) is 25.4 Å². The normalized spacial score (nSPS) is 17.9. The highest BCUT2D eigenvalue weighted by molar-refractivity contribution is 7.89. The molecule has 2 aromatic rings. The van der Waals surface area contributed by atoms with Gasteiger partial charge in [-0.1, -0.05) is 17.7 Å². The van der Waals surface area contributed by atoms with Crippen LogP contribution in [0.25, 0.3) is 6.08 Å². The number of nitrogens with one attached hydrogen (secondary N) is 1. The first-order valence-electron chi connectivity index (χ1n) is 9.43. The third-order valence-electron chi connectivity index (χ3n) is 4.88. The average Bonchev–Trinajstić information content (AvgIpc) is 3.10. The molecule has 1 saturated heterocycles. The first-order valence-corrected chi connectivity index (χ1v) is 10.9. The van der Waals surface area contributed by atoms with Crippen molar-refractivity contribution in [3.05, 3.63) is 59.6 Å². The van der Waals surface area contributed by atoms with Crippen LogP contribution in [0.15, 0.2) is 51.8 Å². The summed E-state index contributed by atoms with van der Waals surface area (Å²) in [5.74, 6) is 1.45. The predicted octanol–water partition coefficient (Wildman–Crippen LogP) is 3.13. The van der Waals surface area contributed by atoms with Crippen LogP contribution < -0.4 is 4.72 Å². The molecule has 1 amide bonds. The van der Waals surface area contributed by atoms with Crippen LogP contribution in [0.1, 0.15) is 29.9 Å². The number of carbonyl (C=O) groups excluding carboxylic acids is 1. The quantitative estimate of drug-likeness (QED) is 0.753. The van der Waals surface area contributed by atoms with Crippen molar-refractivity contribution in [1.82, 2.24) is 9.62 Å². The molecule has 1 aromatic carbocycles. The van der Waals surface area contributed by atoms with Gasteiger partial charge in [0.15, 0.2) is 0 Å². The fourth-order valence-electron chi connectivity index (χ4n) is 3.26. The van der Waals surface area contributed by atoms with Crippen LogP contribution in [0.3, 0.4) is 0 Å². The SMILES string of the molecule is Cc1ccc(S(=O)(=O)NC[C@H]2CCCN(C(=O)/C=C/c3ccc(C)o3)C2)cc1. The summed E-state index contributed by atoms with van der Waals surface area (Å²) >= 11 is 0. The molecule has 0 bridgehead atoms. The zero-order chi connectivity index (χ0) is 20.1. The van der Waals surface area contributed by atoms with Crippen molar-refractivity contribution in [2.24, 2.45) is 5.92 Å². The molecule has 3 rings (SSSR count). The Hall–Kier alpha value is -2.38. The average molecular weight is 403 g/mol. The van der Waals surface area contributed by atoms with Gasteiger partial charge in [-0.2, -0.15) is 0 Å². The maximum absolute atomic E-state index is 12.4. The number of amides is 1. The third-order valence-corrected chi connectivity index (χ3v) is 6.31. The number of nitrogens with zero attached hydrogens (tertiary/aromatic N) is 1. The number of piperidine rings is 1. The zero-order valence-electron chi connectivity index (χ0n) is 16.2. The summed E-state index contributed by atoms with van der Waals surface area (Å²) in [5, 5.41) is 0. The Morgan fingerprint density at radius 3 is 2.64 bits per heavy atom. The maximum atomic E-state index is 12.4. The maximum Gasteiger partial charge on any atom is 0.246 e. The highest BCUT2D eigenvalue weighted by Crippen LogP contribution is 2.18. The minimum atomic E-state index is -3.54. The van der Waals surface area contributed by atoms with E-state index in [1.54, 1.807) is 35.2 Å². The topological polar surface area (TPSA) is 79.6 Å². The van der Waals surface area contributed by atoms with Crippen molar-refractivity contribution >= 4 is 22.0 Å². The first-order chi connectivity index (χ1) is 13.3. The molecule has 0 spiro atoms. The van der Waals surface area contributed by atoms with Gasteiger partial charge in [-0.3, -0.25) is 4.79 Å². The Morgan fingerprint density at radius 2 is 1.96 bits per heavy atom. The summed E-state index contributed by atoms with van der Waals surface area (Å²) in [7, 11) is -3.54. The number of furan rings is 1. The standard InChI is InChI=1S/C21H26N2O4S/c1-16-5-10-20(11-6-16)28(25,26)22-14-18-4-3-13-23(15-18)21(24)12-9-19-8-7-17(2)27-19/h5-12,18,22H,3-4,13-15H2,1-2H3/b12-9+/t18-/m1/s1. The van der Waals surface area contributed by atoms with E-state index in [0.717, 1.165) is 24.2 Å². The number of hydrogen-bond acceptors (Lipinski definition) is 4. The van der Waals surface area contributed by atoms with E-state index in [9.17, 15) is 13.2 Å². The molecule has 0 unspecified atom stereocenters. The van der Waals surface area contributed by atoms with Gasteiger partial charge < -0.3 is 9.32 Å². The molecule has 150 valence electrons. The van der Waals surface area contributed by atoms with Gasteiger partial charge in [0, 0.05) is 25.7 Å². The lowest BCUT2D eigenvalue weighted by Crippen LogP contribution is -2.43. The fourth-order valence-corrected chi connectivity index (χ4v) is 4.38. The van der Waals surface area contributed by atoms with Crippen LogP contribution in [0, 0.1) is 19.8 Å². The van der Waals surface area contributed by atoms with Crippen LogP contribution in [-0.4, -0.2) is 38.9 Å². The Labute approximate surface area is 166 Å². The van der Waals surface area contributed by atoms with Gasteiger partial charge in [-0.05, 0) is 62.9 Å². The van der Waals surface area contributed by atoms with E-state index in [1.807, 2.05) is 26.0 Å². The molecule has 0 saturated carbocycles. The minimum absolute atomic E-state index is 0.0832. The van der Waals surface area contributed by atoms with E-state index in [4.69, 9.17) is 4.42 Å². The van der Waals surface area contributed by atoms with E-state index < -0.39 is 10.0 Å². The van der Waals surface area contributed by atoms with E-state index in [-0.39, 0.29) is 16.7 Å². The number of carbonyl (C=O) groups is 1. The lowest BCUT2D eigenvalue weighted by molar-refractivity contribution is -0.127. The van der Waals surface area contributed by atoms with Gasteiger partial charge in [0.05, 0.1) is 4.90 Å². The van der Waals surface area contributed by atoms with E-state index in [1.165, 1.54) is 6.08 Å². The van der Waals surface area contributed by atoms with Crippen LogP contribution in [0.2, 0.25) is 0 Å². The first kappa shape index (κ1) is 20.4. The molecule has 1 atom stereocenters. The van der Waals surface area contributed by atoms with Crippen molar-refractivity contribution in [2.45, 2.75) is 31.6 Å². The van der Waals surface area contributed by atoms with E-state index in [2.05, 4.69) is 4.72 Å². The lowest BCUT2D eigenvalue weighted by atomic mass is 9.98. The molecule has 1 aliphatic rings. The van der Waals surface area contributed by atoms with Crippen LogP contribution in [0.4, 0.5) is 0 Å². The second-order valence-corrected chi connectivity index (χ2v) is 9.01. The molecule has 6 nitrogen and oxygen atoms in total.